The van der Waals surface area contributed by atoms with Gasteiger partial charge in [-0.2, -0.15) is 5.26 Å². The van der Waals surface area contributed by atoms with Gasteiger partial charge in [-0.1, -0.05) is 23.2 Å². The first-order valence-corrected chi connectivity index (χ1v) is 6.40. The molecule has 0 saturated carbocycles. The summed E-state index contributed by atoms with van der Waals surface area (Å²) in [6.45, 7) is 1.75. The number of rotatable bonds is 2. The molecule has 0 fully saturated rings. The summed E-state index contributed by atoms with van der Waals surface area (Å²) in [5.41, 5.74) is 1.84. The molecule has 1 heterocycles. The van der Waals surface area contributed by atoms with E-state index in [0.29, 0.717) is 27.5 Å². The van der Waals surface area contributed by atoms with Crippen LogP contribution in [0.15, 0.2) is 30.3 Å². The van der Waals surface area contributed by atoms with Crippen molar-refractivity contribution >= 4 is 34.8 Å². The first-order valence-electron chi connectivity index (χ1n) is 5.65. The third-order valence-corrected chi connectivity index (χ3v) is 3.05. The second-order valence-electron chi connectivity index (χ2n) is 4.08. The quantitative estimate of drug-likeness (QED) is 0.858. The van der Waals surface area contributed by atoms with Crippen molar-refractivity contribution in [3.63, 3.8) is 0 Å². The monoisotopic (exact) mass is 305 g/mol. The number of pyridine rings is 1. The molecule has 2 aromatic rings. The molecule has 2 rings (SSSR count). The molecule has 20 heavy (non-hydrogen) atoms. The van der Waals surface area contributed by atoms with Crippen LogP contribution >= 0.6 is 23.2 Å². The summed E-state index contributed by atoms with van der Waals surface area (Å²) in [5, 5.41) is 12.2. The van der Waals surface area contributed by atoms with Crippen molar-refractivity contribution in [2.75, 3.05) is 5.32 Å². The number of carbonyl (C=O) groups is 1. The van der Waals surface area contributed by atoms with E-state index in [4.69, 9.17) is 28.5 Å². The first-order chi connectivity index (χ1) is 9.49. The van der Waals surface area contributed by atoms with Gasteiger partial charge in [-0.15, -0.1) is 0 Å². The number of aromatic nitrogens is 1. The predicted octanol–water partition coefficient (Wildman–Crippen LogP) is 3.82. The van der Waals surface area contributed by atoms with Gasteiger partial charge < -0.3 is 5.32 Å². The molecule has 0 aliphatic heterocycles. The summed E-state index contributed by atoms with van der Waals surface area (Å²) in [6.07, 6.45) is 0. The molecule has 1 N–H and O–H groups in total. The number of halogens is 2. The molecule has 0 spiro atoms. The van der Waals surface area contributed by atoms with Gasteiger partial charge in [0, 0.05) is 16.9 Å². The molecule has 1 amide bonds. The standard InChI is InChI=1S/C14H9Cl2N3O/c1-8-4-9(6-13(16)18-8)14(20)19-11-2-3-12(15)10(5-11)7-17/h2-6H,1H3,(H,19,20). The van der Waals surface area contributed by atoms with E-state index in [1.54, 1.807) is 25.1 Å². The van der Waals surface area contributed by atoms with Gasteiger partial charge in [-0.25, -0.2) is 4.98 Å². The Bertz CT molecular complexity index is 703. The van der Waals surface area contributed by atoms with Gasteiger partial charge in [0.15, 0.2) is 0 Å². The van der Waals surface area contributed by atoms with E-state index < -0.39 is 0 Å². The SMILES string of the molecule is Cc1cc(C(=O)Nc2ccc(Cl)c(C#N)c2)cc(Cl)n1. The van der Waals surface area contributed by atoms with Crippen LogP contribution in [0.2, 0.25) is 10.2 Å². The highest BCUT2D eigenvalue weighted by molar-refractivity contribution is 6.32. The van der Waals surface area contributed by atoms with E-state index in [1.807, 2.05) is 6.07 Å². The lowest BCUT2D eigenvalue weighted by Crippen LogP contribution is -2.12. The summed E-state index contributed by atoms with van der Waals surface area (Å²) >= 11 is 11.6. The van der Waals surface area contributed by atoms with Crippen LogP contribution in [-0.2, 0) is 0 Å². The van der Waals surface area contributed by atoms with Crippen LogP contribution in [0.3, 0.4) is 0 Å². The fourth-order valence-electron chi connectivity index (χ4n) is 1.65. The number of nitrogens with zero attached hydrogens (tertiary/aromatic N) is 2. The summed E-state index contributed by atoms with van der Waals surface area (Å²) in [4.78, 5) is 16.1. The van der Waals surface area contributed by atoms with Gasteiger partial charge in [-0.05, 0) is 37.3 Å². The van der Waals surface area contributed by atoms with Crippen LogP contribution in [0.5, 0.6) is 0 Å². The van der Waals surface area contributed by atoms with E-state index in [2.05, 4.69) is 10.3 Å². The smallest absolute Gasteiger partial charge is 0.255 e. The molecule has 0 radical (unpaired) electrons. The number of nitrogens with one attached hydrogen (secondary N) is 1. The minimum absolute atomic E-state index is 0.254. The summed E-state index contributed by atoms with van der Waals surface area (Å²) in [5.74, 6) is -0.330. The van der Waals surface area contributed by atoms with E-state index in [0.717, 1.165) is 0 Å². The third kappa shape index (κ3) is 3.27. The largest absolute Gasteiger partial charge is 0.322 e. The molecule has 100 valence electrons. The second kappa shape index (κ2) is 5.91. The summed E-state index contributed by atoms with van der Waals surface area (Å²) in [7, 11) is 0. The highest BCUT2D eigenvalue weighted by Gasteiger charge is 2.09. The van der Waals surface area contributed by atoms with Gasteiger partial charge in [0.2, 0.25) is 0 Å². The lowest BCUT2D eigenvalue weighted by atomic mass is 10.2. The molecule has 0 saturated heterocycles. The van der Waals surface area contributed by atoms with Crippen molar-refractivity contribution in [1.82, 2.24) is 4.98 Å². The number of aryl methyl sites for hydroxylation is 1. The Morgan fingerprint density at radius 1 is 1.30 bits per heavy atom. The molecule has 1 aromatic carbocycles. The van der Waals surface area contributed by atoms with Gasteiger partial charge >= 0.3 is 0 Å². The normalized spacial score (nSPS) is 9.90. The average Bonchev–Trinajstić information content (AvgIpc) is 2.39. The Labute approximate surface area is 126 Å². The Morgan fingerprint density at radius 2 is 2.05 bits per heavy atom. The van der Waals surface area contributed by atoms with Gasteiger partial charge in [0.1, 0.15) is 11.2 Å². The van der Waals surface area contributed by atoms with Crippen LogP contribution in [0.25, 0.3) is 0 Å². The van der Waals surface area contributed by atoms with Crippen LogP contribution in [0.1, 0.15) is 21.6 Å². The fourth-order valence-corrected chi connectivity index (χ4v) is 2.06. The molecule has 0 aliphatic carbocycles. The number of amides is 1. The molecule has 0 atom stereocenters. The highest BCUT2D eigenvalue weighted by atomic mass is 35.5. The minimum atomic E-state index is -0.330. The summed E-state index contributed by atoms with van der Waals surface area (Å²) < 4.78 is 0. The number of benzene rings is 1. The Hall–Kier alpha value is -2.09. The number of nitriles is 1. The molecule has 0 aliphatic rings. The average molecular weight is 306 g/mol. The Kier molecular flexibility index (Phi) is 4.23. The van der Waals surface area contributed by atoms with E-state index >= 15 is 0 Å². The second-order valence-corrected chi connectivity index (χ2v) is 4.87. The lowest BCUT2D eigenvalue weighted by molar-refractivity contribution is 0.102. The van der Waals surface area contributed by atoms with Crippen molar-refractivity contribution in [1.29, 1.82) is 5.26 Å². The van der Waals surface area contributed by atoms with Crippen LogP contribution in [0.4, 0.5) is 5.69 Å². The predicted molar refractivity (Wildman–Crippen MR) is 78.1 cm³/mol. The van der Waals surface area contributed by atoms with Crippen molar-refractivity contribution in [3.8, 4) is 6.07 Å². The maximum Gasteiger partial charge on any atom is 0.255 e. The topological polar surface area (TPSA) is 65.8 Å². The zero-order valence-electron chi connectivity index (χ0n) is 10.4. The van der Waals surface area contributed by atoms with Crippen molar-refractivity contribution in [2.45, 2.75) is 6.92 Å². The number of hydrogen-bond donors (Lipinski definition) is 1. The Morgan fingerprint density at radius 3 is 2.70 bits per heavy atom. The molecular formula is C14H9Cl2N3O. The van der Waals surface area contributed by atoms with E-state index in [-0.39, 0.29) is 11.1 Å². The third-order valence-electron chi connectivity index (χ3n) is 2.53. The van der Waals surface area contributed by atoms with Crippen LogP contribution < -0.4 is 5.32 Å². The highest BCUT2D eigenvalue weighted by Crippen LogP contribution is 2.20. The van der Waals surface area contributed by atoms with Gasteiger partial charge in [0.05, 0.1) is 10.6 Å². The zero-order valence-corrected chi connectivity index (χ0v) is 12.0. The van der Waals surface area contributed by atoms with Crippen molar-refractivity contribution in [2.24, 2.45) is 0 Å². The molecule has 6 heteroatoms. The molecular weight excluding hydrogens is 297 g/mol. The van der Waals surface area contributed by atoms with Crippen molar-refractivity contribution in [3.05, 3.63) is 57.3 Å². The first kappa shape index (κ1) is 14.3. The lowest BCUT2D eigenvalue weighted by Gasteiger charge is -2.07. The maximum absolute atomic E-state index is 12.1. The molecule has 0 unspecified atom stereocenters. The van der Waals surface area contributed by atoms with E-state index in [1.165, 1.54) is 12.1 Å². The maximum atomic E-state index is 12.1. The van der Waals surface area contributed by atoms with Crippen LogP contribution in [0, 0.1) is 18.3 Å². The van der Waals surface area contributed by atoms with Crippen molar-refractivity contribution < 1.29 is 4.79 Å². The van der Waals surface area contributed by atoms with Gasteiger partial charge in [0.25, 0.3) is 5.91 Å². The number of anilines is 1. The van der Waals surface area contributed by atoms with E-state index in [9.17, 15) is 4.79 Å². The van der Waals surface area contributed by atoms with Crippen LogP contribution in [-0.4, -0.2) is 10.9 Å². The zero-order chi connectivity index (χ0) is 14.7. The minimum Gasteiger partial charge on any atom is -0.322 e. The fraction of sp³-hybridized carbons (Fsp3) is 0.0714. The molecule has 1 aromatic heterocycles. The molecule has 0 bridgehead atoms. The Balaban J connectivity index is 2.26. The van der Waals surface area contributed by atoms with Gasteiger partial charge in [-0.3, -0.25) is 4.79 Å². The molecule has 4 nitrogen and oxygen atoms in total. The number of carbonyl (C=O) groups excluding carboxylic acids is 1. The summed E-state index contributed by atoms with van der Waals surface area (Å²) in [6, 6.07) is 9.74. The number of hydrogen-bond acceptors (Lipinski definition) is 3.